The first kappa shape index (κ1) is 14.0. The molecule has 0 saturated carbocycles. The van der Waals surface area contributed by atoms with Gasteiger partial charge in [0.1, 0.15) is 11.5 Å². The largest absolute Gasteiger partial charge is 0.507 e. The average molecular weight is 257 g/mol. The zero-order valence-corrected chi connectivity index (χ0v) is 11.1. The third-order valence-corrected chi connectivity index (χ3v) is 3.48. The van der Waals surface area contributed by atoms with E-state index in [0.29, 0.717) is 11.3 Å². The first-order valence-electron chi connectivity index (χ1n) is 5.48. The molecular weight excluding hydrogens is 238 g/mol. The Bertz CT molecular complexity index is 388. The summed E-state index contributed by atoms with van der Waals surface area (Å²) in [5.41, 5.74) is 0.473. The van der Waals surface area contributed by atoms with Crippen LogP contribution in [0.2, 0.25) is 0 Å². The molecule has 3 N–H and O–H groups in total. The van der Waals surface area contributed by atoms with Crippen LogP contribution in [-0.4, -0.2) is 32.5 Å². The number of aromatic hydroxyl groups is 2. The van der Waals surface area contributed by atoms with E-state index >= 15 is 0 Å². The number of benzene rings is 1. The predicted molar refractivity (Wildman–Crippen MR) is 69.7 cm³/mol. The molecule has 3 unspecified atom stereocenters. The maximum Gasteiger partial charge on any atom is 0.124 e. The summed E-state index contributed by atoms with van der Waals surface area (Å²) in [7, 11) is -0.867. The number of rotatable bonds is 5. The van der Waals surface area contributed by atoms with Crippen molar-refractivity contribution in [1.29, 1.82) is 0 Å². The fraction of sp³-hybridized carbons (Fsp3) is 0.500. The van der Waals surface area contributed by atoms with Crippen molar-refractivity contribution in [2.45, 2.75) is 25.9 Å². The second-order valence-electron chi connectivity index (χ2n) is 4.24. The Morgan fingerprint density at radius 3 is 2.29 bits per heavy atom. The highest BCUT2D eigenvalue weighted by Crippen LogP contribution is 2.32. The quantitative estimate of drug-likeness (QED) is 0.748. The van der Waals surface area contributed by atoms with E-state index in [1.807, 2.05) is 13.8 Å². The van der Waals surface area contributed by atoms with Gasteiger partial charge in [-0.05, 0) is 26.0 Å². The maximum atomic E-state index is 11.1. The Morgan fingerprint density at radius 1 is 1.29 bits per heavy atom. The molecule has 0 radical (unpaired) electrons. The standard InChI is InChI=1S/C12H19NO3S/c1-8(7-17(3)16)13-9(2)12-10(14)5-4-6-11(12)15/h4-6,8-9,13-15H,7H2,1-3H3. The van der Waals surface area contributed by atoms with Crippen LogP contribution in [0.3, 0.4) is 0 Å². The molecule has 1 aromatic carbocycles. The van der Waals surface area contributed by atoms with Crippen LogP contribution in [0, 0.1) is 0 Å². The molecule has 0 saturated heterocycles. The molecule has 0 aliphatic rings. The lowest BCUT2D eigenvalue weighted by Gasteiger charge is -2.21. The molecule has 0 amide bonds. The van der Waals surface area contributed by atoms with Crippen molar-refractivity contribution >= 4 is 10.8 Å². The second-order valence-corrected chi connectivity index (χ2v) is 5.72. The highest BCUT2D eigenvalue weighted by Gasteiger charge is 2.17. The van der Waals surface area contributed by atoms with Crippen LogP contribution in [0.15, 0.2) is 18.2 Å². The van der Waals surface area contributed by atoms with Gasteiger partial charge in [-0.1, -0.05) is 6.07 Å². The molecule has 96 valence electrons. The van der Waals surface area contributed by atoms with Crippen molar-refractivity contribution in [3.05, 3.63) is 23.8 Å². The van der Waals surface area contributed by atoms with Crippen LogP contribution in [0.4, 0.5) is 0 Å². The minimum Gasteiger partial charge on any atom is -0.507 e. The smallest absolute Gasteiger partial charge is 0.124 e. The summed E-state index contributed by atoms with van der Waals surface area (Å²) in [6, 6.07) is 4.52. The summed E-state index contributed by atoms with van der Waals surface area (Å²) >= 11 is 0. The summed E-state index contributed by atoms with van der Waals surface area (Å²) in [4.78, 5) is 0. The van der Waals surface area contributed by atoms with Crippen LogP contribution in [-0.2, 0) is 10.8 Å². The van der Waals surface area contributed by atoms with Crippen LogP contribution in [0.25, 0.3) is 0 Å². The molecule has 0 fully saturated rings. The SMILES string of the molecule is CC(CS(C)=O)NC(C)c1c(O)cccc1O. The summed E-state index contributed by atoms with van der Waals surface area (Å²) in [6.45, 7) is 3.78. The summed E-state index contributed by atoms with van der Waals surface area (Å²) in [5, 5.41) is 22.6. The van der Waals surface area contributed by atoms with Crippen molar-refractivity contribution in [1.82, 2.24) is 5.32 Å². The molecule has 1 aromatic rings. The second kappa shape index (κ2) is 6.02. The molecule has 0 aromatic heterocycles. The Balaban J connectivity index is 2.76. The summed E-state index contributed by atoms with van der Waals surface area (Å²) in [6.07, 6.45) is 1.65. The third-order valence-electron chi connectivity index (χ3n) is 2.51. The van der Waals surface area contributed by atoms with E-state index in [-0.39, 0.29) is 23.6 Å². The minimum absolute atomic E-state index is 0.0508. The number of phenolic OH excluding ortho intramolecular Hbond substituents is 2. The zero-order chi connectivity index (χ0) is 13.0. The van der Waals surface area contributed by atoms with Crippen molar-refractivity contribution in [2.24, 2.45) is 0 Å². The van der Waals surface area contributed by atoms with E-state index in [4.69, 9.17) is 0 Å². The number of phenols is 2. The molecule has 4 nitrogen and oxygen atoms in total. The topological polar surface area (TPSA) is 69.6 Å². The Kier molecular flexibility index (Phi) is 4.96. The molecule has 5 heteroatoms. The molecule has 0 spiro atoms. The highest BCUT2D eigenvalue weighted by atomic mass is 32.2. The van der Waals surface area contributed by atoms with Crippen LogP contribution >= 0.6 is 0 Å². The molecule has 17 heavy (non-hydrogen) atoms. The van der Waals surface area contributed by atoms with Crippen molar-refractivity contribution in [3.63, 3.8) is 0 Å². The molecule has 0 aliphatic heterocycles. The molecular formula is C12H19NO3S. The predicted octanol–water partition coefficient (Wildman–Crippen LogP) is 1.52. The lowest BCUT2D eigenvalue weighted by Crippen LogP contribution is -2.33. The number of hydrogen-bond donors (Lipinski definition) is 3. The van der Waals surface area contributed by atoms with Gasteiger partial charge in [0.05, 0.1) is 5.56 Å². The maximum absolute atomic E-state index is 11.1. The van der Waals surface area contributed by atoms with Gasteiger partial charge in [0.25, 0.3) is 0 Å². The van der Waals surface area contributed by atoms with Gasteiger partial charge in [-0.25, -0.2) is 0 Å². The fourth-order valence-corrected chi connectivity index (χ4v) is 2.70. The first-order chi connectivity index (χ1) is 7.91. The molecule has 3 atom stereocenters. The molecule has 0 aliphatic carbocycles. The number of hydrogen-bond acceptors (Lipinski definition) is 4. The Hall–Kier alpha value is -1.07. The van der Waals surface area contributed by atoms with E-state index in [1.54, 1.807) is 12.3 Å². The van der Waals surface area contributed by atoms with Crippen molar-refractivity contribution in [2.75, 3.05) is 12.0 Å². The van der Waals surface area contributed by atoms with Crippen LogP contribution in [0.5, 0.6) is 11.5 Å². The van der Waals surface area contributed by atoms with Crippen LogP contribution in [0.1, 0.15) is 25.5 Å². The molecule has 0 heterocycles. The van der Waals surface area contributed by atoms with Crippen molar-refractivity contribution in [3.8, 4) is 11.5 Å². The van der Waals surface area contributed by atoms with Gasteiger partial charge in [-0.2, -0.15) is 0 Å². The lowest BCUT2D eigenvalue weighted by molar-refractivity contribution is 0.410. The van der Waals surface area contributed by atoms with Gasteiger partial charge in [-0.15, -0.1) is 0 Å². The lowest BCUT2D eigenvalue weighted by atomic mass is 10.1. The number of nitrogens with one attached hydrogen (secondary N) is 1. The van der Waals surface area contributed by atoms with E-state index < -0.39 is 10.8 Å². The van der Waals surface area contributed by atoms with Gasteiger partial charge in [0, 0.05) is 34.9 Å². The average Bonchev–Trinajstić information content (AvgIpc) is 2.15. The Labute approximate surface area is 104 Å². The van der Waals surface area contributed by atoms with Crippen molar-refractivity contribution < 1.29 is 14.4 Å². The normalized spacial score (nSPS) is 16.4. The Morgan fingerprint density at radius 2 is 1.82 bits per heavy atom. The summed E-state index contributed by atoms with van der Waals surface area (Å²) < 4.78 is 11.1. The van der Waals surface area contributed by atoms with Gasteiger partial charge in [-0.3, -0.25) is 4.21 Å². The van der Waals surface area contributed by atoms with Gasteiger partial charge >= 0.3 is 0 Å². The van der Waals surface area contributed by atoms with Crippen LogP contribution < -0.4 is 5.32 Å². The molecule has 1 rings (SSSR count). The van der Waals surface area contributed by atoms with Gasteiger partial charge < -0.3 is 15.5 Å². The van der Waals surface area contributed by atoms with E-state index in [0.717, 1.165) is 0 Å². The molecule has 0 bridgehead atoms. The minimum atomic E-state index is -0.867. The third kappa shape index (κ3) is 4.02. The zero-order valence-electron chi connectivity index (χ0n) is 10.3. The van der Waals surface area contributed by atoms with Gasteiger partial charge in [0.2, 0.25) is 0 Å². The van der Waals surface area contributed by atoms with Gasteiger partial charge in [0.15, 0.2) is 0 Å². The van der Waals surface area contributed by atoms with E-state index in [1.165, 1.54) is 12.1 Å². The summed E-state index contributed by atoms with van der Waals surface area (Å²) in [5.74, 6) is 0.670. The van der Waals surface area contributed by atoms with E-state index in [9.17, 15) is 14.4 Å². The fourth-order valence-electron chi connectivity index (χ4n) is 1.90. The van der Waals surface area contributed by atoms with E-state index in [2.05, 4.69) is 5.32 Å². The highest BCUT2D eigenvalue weighted by molar-refractivity contribution is 7.84. The monoisotopic (exact) mass is 257 g/mol. The first-order valence-corrected chi connectivity index (χ1v) is 7.21.